The van der Waals surface area contributed by atoms with Crippen LogP contribution in [0.1, 0.15) is 51.9 Å². The lowest BCUT2D eigenvalue weighted by Crippen LogP contribution is -2.21. The fourth-order valence-electron chi connectivity index (χ4n) is 2.25. The molecule has 94 valence electrons. The minimum absolute atomic E-state index is 0.0319. The van der Waals surface area contributed by atoms with Gasteiger partial charge in [0.15, 0.2) is 0 Å². The summed E-state index contributed by atoms with van der Waals surface area (Å²) in [6.07, 6.45) is -1.10. The Kier molecular flexibility index (Phi) is 4.81. The first kappa shape index (κ1) is 13.5. The molecule has 0 heterocycles. The third kappa shape index (κ3) is 4.99. The molecular formula is C12H19F3O. The predicted octanol–water partition coefficient (Wildman–Crippen LogP) is 4.11. The molecule has 0 spiro atoms. The molecule has 0 bridgehead atoms. The summed E-state index contributed by atoms with van der Waals surface area (Å²) in [5, 5.41) is 0. The van der Waals surface area contributed by atoms with Gasteiger partial charge in [-0.05, 0) is 25.2 Å². The van der Waals surface area contributed by atoms with E-state index >= 15 is 0 Å². The van der Waals surface area contributed by atoms with Crippen LogP contribution in [-0.2, 0) is 4.79 Å². The van der Waals surface area contributed by atoms with Crippen molar-refractivity contribution < 1.29 is 18.0 Å². The van der Waals surface area contributed by atoms with Crippen LogP contribution in [-0.4, -0.2) is 12.0 Å². The lowest BCUT2D eigenvalue weighted by atomic mass is 9.80. The zero-order chi connectivity index (χ0) is 12.2. The highest BCUT2D eigenvalue weighted by Crippen LogP contribution is 2.30. The first-order valence-electron chi connectivity index (χ1n) is 5.98. The zero-order valence-corrected chi connectivity index (χ0v) is 9.65. The van der Waals surface area contributed by atoms with Gasteiger partial charge in [-0.25, -0.2) is 0 Å². The predicted molar refractivity (Wildman–Crippen MR) is 56.0 cm³/mol. The second kappa shape index (κ2) is 5.69. The highest BCUT2D eigenvalue weighted by Gasteiger charge is 2.28. The number of carbonyl (C=O) groups excluding carboxylic acids is 1. The highest BCUT2D eigenvalue weighted by atomic mass is 19.4. The van der Waals surface area contributed by atoms with Crippen molar-refractivity contribution in [3.8, 4) is 0 Å². The maximum absolute atomic E-state index is 11.9. The molecule has 1 saturated carbocycles. The monoisotopic (exact) mass is 236 g/mol. The molecule has 1 fully saturated rings. The van der Waals surface area contributed by atoms with Crippen LogP contribution in [0.2, 0.25) is 0 Å². The topological polar surface area (TPSA) is 17.1 Å². The van der Waals surface area contributed by atoms with Gasteiger partial charge < -0.3 is 0 Å². The Balaban J connectivity index is 2.20. The fourth-order valence-corrected chi connectivity index (χ4v) is 2.25. The molecule has 0 unspecified atom stereocenters. The molecule has 0 aromatic rings. The Bertz CT molecular complexity index is 227. The van der Waals surface area contributed by atoms with Crippen LogP contribution in [0.5, 0.6) is 0 Å². The number of ketones is 1. The third-order valence-corrected chi connectivity index (χ3v) is 3.35. The molecule has 1 aliphatic carbocycles. The summed E-state index contributed by atoms with van der Waals surface area (Å²) < 4.78 is 35.7. The van der Waals surface area contributed by atoms with E-state index in [4.69, 9.17) is 0 Å². The van der Waals surface area contributed by atoms with Crippen molar-refractivity contribution in [1.29, 1.82) is 0 Å². The van der Waals surface area contributed by atoms with E-state index in [-0.39, 0.29) is 24.5 Å². The van der Waals surface area contributed by atoms with E-state index in [9.17, 15) is 18.0 Å². The zero-order valence-electron chi connectivity index (χ0n) is 9.65. The summed E-state index contributed by atoms with van der Waals surface area (Å²) in [5.41, 5.74) is 0. The molecule has 4 heteroatoms. The van der Waals surface area contributed by atoms with E-state index in [0.29, 0.717) is 5.92 Å². The molecule has 0 aromatic carbocycles. The summed E-state index contributed by atoms with van der Waals surface area (Å²) in [4.78, 5) is 11.6. The lowest BCUT2D eigenvalue weighted by molar-refractivity contribution is -0.137. The van der Waals surface area contributed by atoms with Gasteiger partial charge in [-0.15, -0.1) is 0 Å². The van der Waals surface area contributed by atoms with E-state index < -0.39 is 12.6 Å². The van der Waals surface area contributed by atoms with Crippen LogP contribution in [0.15, 0.2) is 0 Å². The SMILES string of the molecule is CC1CCC(C(=O)CCCC(F)(F)F)CC1. The molecule has 0 atom stereocenters. The van der Waals surface area contributed by atoms with E-state index in [1.54, 1.807) is 0 Å². The van der Waals surface area contributed by atoms with Crippen molar-refractivity contribution in [3.05, 3.63) is 0 Å². The Morgan fingerprint density at radius 1 is 1.19 bits per heavy atom. The molecule has 0 saturated heterocycles. The van der Waals surface area contributed by atoms with E-state index in [2.05, 4.69) is 6.92 Å². The average Bonchev–Trinajstić information content (AvgIpc) is 2.16. The van der Waals surface area contributed by atoms with E-state index in [1.807, 2.05) is 0 Å². The van der Waals surface area contributed by atoms with Crippen LogP contribution in [0.3, 0.4) is 0 Å². The molecule has 0 radical (unpaired) electrons. The second-order valence-electron chi connectivity index (χ2n) is 4.89. The van der Waals surface area contributed by atoms with Gasteiger partial charge in [0.1, 0.15) is 5.78 Å². The first-order valence-corrected chi connectivity index (χ1v) is 5.98. The minimum atomic E-state index is -4.12. The number of halogens is 3. The van der Waals surface area contributed by atoms with Gasteiger partial charge in [0.25, 0.3) is 0 Å². The molecule has 0 N–H and O–H groups in total. The summed E-state index contributed by atoms with van der Waals surface area (Å²) in [6.45, 7) is 2.16. The van der Waals surface area contributed by atoms with Crippen molar-refractivity contribution >= 4 is 5.78 Å². The maximum atomic E-state index is 11.9. The highest BCUT2D eigenvalue weighted by molar-refractivity contribution is 5.81. The molecule has 1 nitrogen and oxygen atoms in total. The van der Waals surface area contributed by atoms with Gasteiger partial charge in [0.05, 0.1) is 0 Å². The number of hydrogen-bond donors (Lipinski definition) is 0. The van der Waals surface area contributed by atoms with Crippen LogP contribution < -0.4 is 0 Å². The Hall–Kier alpha value is -0.540. The van der Waals surface area contributed by atoms with Crippen LogP contribution >= 0.6 is 0 Å². The van der Waals surface area contributed by atoms with Crippen LogP contribution in [0.25, 0.3) is 0 Å². The number of alkyl halides is 3. The molecule has 0 aromatic heterocycles. The van der Waals surface area contributed by atoms with Crippen molar-refractivity contribution in [2.45, 2.75) is 58.0 Å². The molecule has 0 amide bonds. The van der Waals surface area contributed by atoms with Crippen molar-refractivity contribution in [2.24, 2.45) is 11.8 Å². The van der Waals surface area contributed by atoms with Crippen LogP contribution in [0.4, 0.5) is 13.2 Å². The number of hydrogen-bond acceptors (Lipinski definition) is 1. The lowest BCUT2D eigenvalue weighted by Gasteiger charge is -2.25. The van der Waals surface area contributed by atoms with Gasteiger partial charge in [0, 0.05) is 18.8 Å². The Morgan fingerprint density at radius 2 is 1.75 bits per heavy atom. The van der Waals surface area contributed by atoms with E-state index in [1.165, 1.54) is 0 Å². The van der Waals surface area contributed by atoms with Crippen molar-refractivity contribution in [1.82, 2.24) is 0 Å². The van der Waals surface area contributed by atoms with Crippen LogP contribution in [0, 0.1) is 11.8 Å². The number of rotatable bonds is 4. The van der Waals surface area contributed by atoms with Gasteiger partial charge in [-0.2, -0.15) is 13.2 Å². The summed E-state index contributed by atoms with van der Waals surface area (Å²) in [5.74, 6) is 0.736. The van der Waals surface area contributed by atoms with Gasteiger partial charge >= 0.3 is 6.18 Å². The van der Waals surface area contributed by atoms with E-state index in [0.717, 1.165) is 25.7 Å². The van der Waals surface area contributed by atoms with Gasteiger partial charge in [-0.3, -0.25) is 4.79 Å². The molecule has 0 aliphatic heterocycles. The normalized spacial score (nSPS) is 26.8. The third-order valence-electron chi connectivity index (χ3n) is 3.35. The molecule has 16 heavy (non-hydrogen) atoms. The van der Waals surface area contributed by atoms with Gasteiger partial charge in [0.2, 0.25) is 0 Å². The molecular weight excluding hydrogens is 217 g/mol. The van der Waals surface area contributed by atoms with Gasteiger partial charge in [-0.1, -0.05) is 19.8 Å². The second-order valence-corrected chi connectivity index (χ2v) is 4.89. The first-order chi connectivity index (χ1) is 7.38. The van der Waals surface area contributed by atoms with Crippen molar-refractivity contribution in [3.63, 3.8) is 0 Å². The minimum Gasteiger partial charge on any atom is -0.299 e. The summed E-state index contributed by atoms with van der Waals surface area (Å²) in [6, 6.07) is 0. The average molecular weight is 236 g/mol. The number of Topliss-reactive ketones (excluding diaryl/α,β-unsaturated/α-hetero) is 1. The Morgan fingerprint density at radius 3 is 2.25 bits per heavy atom. The number of carbonyl (C=O) groups is 1. The summed E-state index contributed by atoms with van der Waals surface area (Å²) >= 11 is 0. The molecule has 1 rings (SSSR count). The standard InChI is InChI=1S/C12H19F3O/c1-9-4-6-10(7-5-9)11(16)3-2-8-12(13,14)15/h9-10H,2-8H2,1H3. The summed E-state index contributed by atoms with van der Waals surface area (Å²) in [7, 11) is 0. The Labute approximate surface area is 94.4 Å². The smallest absolute Gasteiger partial charge is 0.299 e. The quantitative estimate of drug-likeness (QED) is 0.717. The largest absolute Gasteiger partial charge is 0.389 e. The maximum Gasteiger partial charge on any atom is 0.389 e. The molecule has 1 aliphatic rings. The fraction of sp³-hybridized carbons (Fsp3) is 0.917. The van der Waals surface area contributed by atoms with Crippen molar-refractivity contribution in [2.75, 3.05) is 0 Å².